The molecule has 1 N–H and O–H groups in total. The zero-order chi connectivity index (χ0) is 24.0. The van der Waals surface area contributed by atoms with Crippen molar-refractivity contribution in [2.75, 3.05) is 4.90 Å². The van der Waals surface area contributed by atoms with E-state index < -0.39 is 23.5 Å². The summed E-state index contributed by atoms with van der Waals surface area (Å²) in [4.78, 5) is 28.0. The lowest BCUT2D eigenvalue weighted by Gasteiger charge is -2.26. The van der Waals surface area contributed by atoms with Gasteiger partial charge in [-0.15, -0.1) is 0 Å². The smallest absolute Gasteiger partial charge is 0.300 e. The molecule has 5 heteroatoms. The SMILES string of the molecule is Cc1cc(C)cc(N2C(=O)C(=O)/C(=C(\O)c3ccc4ccccc4c3)C2c2ccc(F)cc2)c1. The summed E-state index contributed by atoms with van der Waals surface area (Å²) in [5.41, 5.74) is 3.36. The molecule has 0 saturated carbocycles. The van der Waals surface area contributed by atoms with Crippen molar-refractivity contribution in [1.82, 2.24) is 0 Å². The van der Waals surface area contributed by atoms with Gasteiger partial charge < -0.3 is 5.11 Å². The number of Topliss-reactive ketones (excluding diaryl/α,β-unsaturated/α-hetero) is 1. The summed E-state index contributed by atoms with van der Waals surface area (Å²) in [6.07, 6.45) is 0. The molecule has 5 rings (SSSR count). The Morgan fingerprint density at radius 3 is 2.15 bits per heavy atom. The maximum absolute atomic E-state index is 13.7. The van der Waals surface area contributed by atoms with E-state index in [9.17, 15) is 19.1 Å². The van der Waals surface area contributed by atoms with Gasteiger partial charge in [0, 0.05) is 11.3 Å². The molecule has 1 amide bonds. The second-order valence-electron chi connectivity index (χ2n) is 8.63. The maximum Gasteiger partial charge on any atom is 0.300 e. The fraction of sp³-hybridized carbons (Fsp3) is 0.103. The number of aliphatic hydroxyl groups is 1. The Balaban J connectivity index is 1.74. The molecule has 34 heavy (non-hydrogen) atoms. The van der Waals surface area contributed by atoms with Crippen LogP contribution in [0.4, 0.5) is 10.1 Å². The Bertz CT molecular complexity index is 1470. The van der Waals surface area contributed by atoms with Gasteiger partial charge in [0.1, 0.15) is 11.6 Å². The van der Waals surface area contributed by atoms with Gasteiger partial charge in [0.05, 0.1) is 11.6 Å². The van der Waals surface area contributed by atoms with Crippen LogP contribution in [-0.4, -0.2) is 16.8 Å². The van der Waals surface area contributed by atoms with Crippen LogP contribution < -0.4 is 4.90 Å². The van der Waals surface area contributed by atoms with E-state index >= 15 is 0 Å². The molecule has 1 saturated heterocycles. The fourth-order valence-electron chi connectivity index (χ4n) is 4.64. The van der Waals surface area contributed by atoms with E-state index in [1.807, 2.05) is 62.4 Å². The number of amides is 1. The standard InChI is InChI=1S/C29H22FNO3/c1-17-13-18(2)15-24(14-17)31-26(20-9-11-23(30)12-10-20)25(28(33)29(31)34)27(32)22-8-7-19-5-3-4-6-21(19)16-22/h3-16,26,32H,1-2H3/b27-25-. The van der Waals surface area contributed by atoms with Gasteiger partial charge in [-0.05, 0) is 71.6 Å². The van der Waals surface area contributed by atoms with Gasteiger partial charge in [0.25, 0.3) is 11.7 Å². The van der Waals surface area contributed by atoms with Crippen molar-refractivity contribution in [3.8, 4) is 0 Å². The summed E-state index contributed by atoms with van der Waals surface area (Å²) in [7, 11) is 0. The zero-order valence-electron chi connectivity index (χ0n) is 18.7. The predicted octanol–water partition coefficient (Wildman–Crippen LogP) is 6.22. The lowest BCUT2D eigenvalue weighted by Crippen LogP contribution is -2.29. The van der Waals surface area contributed by atoms with Crippen molar-refractivity contribution in [2.45, 2.75) is 19.9 Å². The molecule has 0 aliphatic carbocycles. The van der Waals surface area contributed by atoms with Crippen LogP contribution in [0.5, 0.6) is 0 Å². The highest BCUT2D eigenvalue weighted by atomic mass is 19.1. The molecule has 4 nitrogen and oxygen atoms in total. The van der Waals surface area contributed by atoms with Crippen LogP contribution in [-0.2, 0) is 9.59 Å². The van der Waals surface area contributed by atoms with Crippen molar-refractivity contribution in [1.29, 1.82) is 0 Å². The first-order valence-corrected chi connectivity index (χ1v) is 11.0. The Kier molecular flexibility index (Phi) is 5.25. The Hall–Kier alpha value is -4.25. The maximum atomic E-state index is 13.7. The Morgan fingerprint density at radius 1 is 0.824 bits per heavy atom. The van der Waals surface area contributed by atoms with Gasteiger partial charge in [-0.3, -0.25) is 14.5 Å². The van der Waals surface area contributed by atoms with E-state index in [1.165, 1.54) is 29.2 Å². The first-order chi connectivity index (χ1) is 16.3. The van der Waals surface area contributed by atoms with Gasteiger partial charge in [0.2, 0.25) is 0 Å². The van der Waals surface area contributed by atoms with E-state index in [0.29, 0.717) is 16.8 Å². The number of aliphatic hydroxyl groups excluding tert-OH is 1. The molecule has 1 aliphatic rings. The van der Waals surface area contributed by atoms with E-state index in [2.05, 4.69) is 0 Å². The van der Waals surface area contributed by atoms with E-state index in [-0.39, 0.29) is 11.3 Å². The molecule has 4 aromatic rings. The molecule has 1 unspecified atom stereocenters. The van der Waals surface area contributed by atoms with Crippen molar-refractivity contribution in [3.63, 3.8) is 0 Å². The molecule has 1 fully saturated rings. The first-order valence-electron chi connectivity index (χ1n) is 11.0. The van der Waals surface area contributed by atoms with Crippen molar-refractivity contribution >= 4 is 33.9 Å². The largest absolute Gasteiger partial charge is 0.507 e. The van der Waals surface area contributed by atoms with Crippen molar-refractivity contribution in [3.05, 3.63) is 119 Å². The molecule has 0 spiro atoms. The molecule has 0 bridgehead atoms. The van der Waals surface area contributed by atoms with Gasteiger partial charge in [-0.2, -0.15) is 0 Å². The van der Waals surface area contributed by atoms with Crippen LogP contribution in [0.15, 0.2) is 90.5 Å². The molecular formula is C29H22FNO3. The molecule has 1 aliphatic heterocycles. The number of halogens is 1. The van der Waals surface area contributed by atoms with Crippen LogP contribution in [0.1, 0.15) is 28.3 Å². The molecule has 0 radical (unpaired) electrons. The van der Waals surface area contributed by atoms with Gasteiger partial charge >= 0.3 is 0 Å². The average molecular weight is 451 g/mol. The lowest BCUT2D eigenvalue weighted by molar-refractivity contribution is -0.132. The number of rotatable bonds is 3. The highest BCUT2D eigenvalue weighted by Gasteiger charge is 2.47. The second-order valence-corrected chi connectivity index (χ2v) is 8.63. The summed E-state index contributed by atoms with van der Waals surface area (Å²) < 4.78 is 13.7. The number of ketones is 1. The number of carbonyl (C=O) groups is 2. The Labute approximate surface area is 196 Å². The van der Waals surface area contributed by atoms with E-state index in [0.717, 1.165) is 21.9 Å². The van der Waals surface area contributed by atoms with Crippen molar-refractivity contribution < 1.29 is 19.1 Å². The minimum absolute atomic E-state index is 0.0222. The fourth-order valence-corrected chi connectivity index (χ4v) is 4.64. The summed E-state index contributed by atoms with van der Waals surface area (Å²) in [5.74, 6) is -2.20. The molecule has 4 aromatic carbocycles. The van der Waals surface area contributed by atoms with Gasteiger partial charge in [-0.25, -0.2) is 4.39 Å². The summed E-state index contributed by atoms with van der Waals surface area (Å²) >= 11 is 0. The Morgan fingerprint density at radius 2 is 1.47 bits per heavy atom. The normalized spacial score (nSPS) is 17.5. The number of carbonyl (C=O) groups excluding carboxylic acids is 2. The monoisotopic (exact) mass is 451 g/mol. The van der Waals surface area contributed by atoms with Gasteiger partial charge in [0.15, 0.2) is 0 Å². The molecule has 1 heterocycles. The number of nitrogens with zero attached hydrogens (tertiary/aromatic N) is 1. The number of hydrogen-bond donors (Lipinski definition) is 1. The molecular weight excluding hydrogens is 429 g/mol. The number of anilines is 1. The first kappa shape index (κ1) is 21.6. The highest BCUT2D eigenvalue weighted by Crippen LogP contribution is 2.42. The van der Waals surface area contributed by atoms with E-state index in [4.69, 9.17) is 0 Å². The van der Waals surface area contributed by atoms with Crippen LogP contribution in [0, 0.1) is 19.7 Å². The average Bonchev–Trinajstić information content (AvgIpc) is 3.08. The van der Waals surface area contributed by atoms with Crippen LogP contribution in [0.3, 0.4) is 0 Å². The summed E-state index contributed by atoms with van der Waals surface area (Å²) in [5, 5.41) is 13.2. The molecule has 168 valence electrons. The molecule has 1 atom stereocenters. The summed E-state index contributed by atoms with van der Waals surface area (Å²) in [6.45, 7) is 3.82. The number of fused-ring (bicyclic) bond motifs is 1. The highest BCUT2D eigenvalue weighted by molar-refractivity contribution is 6.51. The van der Waals surface area contributed by atoms with Gasteiger partial charge in [-0.1, -0.05) is 54.6 Å². The molecule has 0 aromatic heterocycles. The summed E-state index contributed by atoms with van der Waals surface area (Å²) in [6, 6.07) is 23.4. The minimum atomic E-state index is -0.895. The lowest BCUT2D eigenvalue weighted by atomic mass is 9.94. The number of aryl methyl sites for hydroxylation is 2. The van der Waals surface area contributed by atoms with Crippen LogP contribution in [0.25, 0.3) is 16.5 Å². The quantitative estimate of drug-likeness (QED) is 0.228. The van der Waals surface area contributed by atoms with Crippen LogP contribution in [0.2, 0.25) is 0 Å². The third-order valence-electron chi connectivity index (χ3n) is 6.14. The predicted molar refractivity (Wildman–Crippen MR) is 131 cm³/mol. The minimum Gasteiger partial charge on any atom is -0.507 e. The van der Waals surface area contributed by atoms with Crippen LogP contribution >= 0.6 is 0 Å². The topological polar surface area (TPSA) is 57.6 Å². The second kappa shape index (κ2) is 8.27. The number of hydrogen-bond acceptors (Lipinski definition) is 3. The third-order valence-corrected chi connectivity index (χ3v) is 6.14. The number of benzene rings is 4. The zero-order valence-corrected chi connectivity index (χ0v) is 18.7. The van der Waals surface area contributed by atoms with Crippen molar-refractivity contribution in [2.24, 2.45) is 0 Å². The van der Waals surface area contributed by atoms with E-state index in [1.54, 1.807) is 12.1 Å². The third kappa shape index (κ3) is 3.65.